The zero-order valence-corrected chi connectivity index (χ0v) is 18.3. The van der Waals surface area contributed by atoms with Gasteiger partial charge in [-0.25, -0.2) is 0 Å². The number of rotatable bonds is 5. The number of aromatic nitrogens is 1. The Morgan fingerprint density at radius 2 is 1.75 bits per heavy atom. The number of benzene rings is 3. The van der Waals surface area contributed by atoms with E-state index in [1.807, 2.05) is 36.4 Å². The molecule has 1 aliphatic heterocycles. The first-order valence-corrected chi connectivity index (χ1v) is 10.5. The number of methoxy groups -OCH3 is 2. The van der Waals surface area contributed by atoms with Crippen LogP contribution in [0, 0.1) is 6.92 Å². The molecule has 0 saturated heterocycles. The molecule has 32 heavy (non-hydrogen) atoms. The van der Waals surface area contributed by atoms with Crippen molar-refractivity contribution < 1.29 is 18.9 Å². The lowest BCUT2D eigenvalue weighted by Crippen LogP contribution is -2.28. The summed E-state index contributed by atoms with van der Waals surface area (Å²) in [6, 6.07) is 20.0. The van der Waals surface area contributed by atoms with Crippen LogP contribution in [0.4, 0.5) is 11.4 Å². The highest BCUT2D eigenvalue weighted by molar-refractivity contribution is 5.88. The maximum absolute atomic E-state index is 6.26. The summed E-state index contributed by atoms with van der Waals surface area (Å²) in [5, 5.41) is 0.838. The molecular formula is C26H24N2O4. The van der Waals surface area contributed by atoms with Crippen LogP contribution in [0.3, 0.4) is 0 Å². The van der Waals surface area contributed by atoms with Crippen molar-refractivity contribution in [2.45, 2.75) is 6.92 Å². The van der Waals surface area contributed by atoms with Gasteiger partial charge in [0.1, 0.15) is 23.9 Å². The Labute approximate surface area is 186 Å². The molecule has 0 unspecified atom stereocenters. The first-order chi connectivity index (χ1) is 15.7. The Morgan fingerprint density at radius 1 is 0.906 bits per heavy atom. The monoisotopic (exact) mass is 428 g/mol. The molecule has 1 aromatic heterocycles. The molecule has 162 valence electrons. The van der Waals surface area contributed by atoms with Gasteiger partial charge in [0.15, 0.2) is 11.5 Å². The van der Waals surface area contributed by atoms with E-state index in [9.17, 15) is 0 Å². The second-order valence-electron chi connectivity index (χ2n) is 7.60. The Hall–Kier alpha value is -3.93. The maximum Gasteiger partial charge on any atom is 0.162 e. The van der Waals surface area contributed by atoms with Crippen LogP contribution < -0.4 is 23.8 Å². The van der Waals surface area contributed by atoms with Gasteiger partial charge in [-0.15, -0.1) is 0 Å². The molecular weight excluding hydrogens is 404 g/mol. The molecule has 2 heterocycles. The van der Waals surface area contributed by atoms with Gasteiger partial charge in [0.2, 0.25) is 0 Å². The predicted molar refractivity (Wildman–Crippen MR) is 125 cm³/mol. The summed E-state index contributed by atoms with van der Waals surface area (Å²) in [6.45, 7) is 3.51. The Bertz CT molecular complexity index is 1290. The summed E-state index contributed by atoms with van der Waals surface area (Å²) in [4.78, 5) is 6.71. The van der Waals surface area contributed by atoms with E-state index in [-0.39, 0.29) is 0 Å². The van der Waals surface area contributed by atoms with E-state index in [4.69, 9.17) is 18.9 Å². The minimum Gasteiger partial charge on any atom is -0.493 e. The molecule has 6 heteroatoms. The quantitative estimate of drug-likeness (QED) is 0.395. The highest BCUT2D eigenvalue weighted by Crippen LogP contribution is 2.41. The van der Waals surface area contributed by atoms with Crippen molar-refractivity contribution in [2.75, 3.05) is 32.3 Å². The molecule has 6 nitrogen and oxygen atoms in total. The second kappa shape index (κ2) is 8.30. The van der Waals surface area contributed by atoms with Crippen molar-refractivity contribution in [3.05, 3.63) is 72.4 Å². The van der Waals surface area contributed by atoms with E-state index >= 15 is 0 Å². The van der Waals surface area contributed by atoms with Gasteiger partial charge in [0.25, 0.3) is 0 Å². The molecule has 0 fully saturated rings. The Balaban J connectivity index is 1.49. The summed E-state index contributed by atoms with van der Waals surface area (Å²) in [6.07, 6.45) is 1.72. The molecule has 3 aromatic carbocycles. The van der Waals surface area contributed by atoms with Crippen molar-refractivity contribution in [3.63, 3.8) is 0 Å². The molecule has 0 bridgehead atoms. The maximum atomic E-state index is 6.26. The van der Waals surface area contributed by atoms with E-state index in [2.05, 4.69) is 41.1 Å². The highest BCUT2D eigenvalue weighted by Gasteiger charge is 2.21. The number of fused-ring (bicyclic) bond motifs is 2. The fourth-order valence-electron chi connectivity index (χ4n) is 3.99. The molecule has 0 radical (unpaired) electrons. The number of pyridine rings is 1. The number of hydrogen-bond donors (Lipinski definition) is 0. The van der Waals surface area contributed by atoms with Crippen molar-refractivity contribution in [2.24, 2.45) is 0 Å². The predicted octanol–water partition coefficient (Wildman–Crippen LogP) is 5.88. The third kappa shape index (κ3) is 3.64. The van der Waals surface area contributed by atoms with Crippen LogP contribution in [0.15, 0.2) is 66.9 Å². The third-order valence-electron chi connectivity index (χ3n) is 5.54. The second-order valence-corrected chi connectivity index (χ2v) is 7.60. The van der Waals surface area contributed by atoms with Gasteiger partial charge in [0.05, 0.1) is 32.0 Å². The standard InChI is InChI=1S/C26H24N2O4/c1-17-5-4-6-18(13-17)28-11-12-31-24-14-19(7-8-22(24)28)32-23-9-10-27-21-16-26(30-3)25(29-2)15-20(21)23/h4-10,13-16H,11-12H2,1-3H3. The van der Waals surface area contributed by atoms with E-state index in [0.29, 0.717) is 29.6 Å². The number of anilines is 2. The van der Waals surface area contributed by atoms with Gasteiger partial charge in [-0.05, 0) is 48.9 Å². The molecule has 0 saturated carbocycles. The van der Waals surface area contributed by atoms with Crippen LogP contribution >= 0.6 is 0 Å². The normalized spacial score (nSPS) is 12.8. The van der Waals surface area contributed by atoms with E-state index in [1.165, 1.54) is 5.56 Å². The van der Waals surface area contributed by atoms with E-state index in [1.54, 1.807) is 20.4 Å². The van der Waals surface area contributed by atoms with E-state index in [0.717, 1.165) is 34.6 Å². The fraction of sp³-hybridized carbons (Fsp3) is 0.192. The molecule has 4 aromatic rings. The molecule has 0 atom stereocenters. The van der Waals surface area contributed by atoms with Crippen molar-refractivity contribution in [3.8, 4) is 28.7 Å². The minimum atomic E-state index is 0.611. The lowest BCUT2D eigenvalue weighted by atomic mass is 10.1. The van der Waals surface area contributed by atoms with Gasteiger partial charge in [0, 0.05) is 29.4 Å². The van der Waals surface area contributed by atoms with Crippen LogP contribution in [-0.4, -0.2) is 32.4 Å². The van der Waals surface area contributed by atoms with Crippen LogP contribution in [-0.2, 0) is 0 Å². The van der Waals surface area contributed by atoms with Crippen molar-refractivity contribution in [1.29, 1.82) is 0 Å². The average Bonchev–Trinajstić information content (AvgIpc) is 2.83. The topological polar surface area (TPSA) is 53.0 Å². The number of aryl methyl sites for hydroxylation is 1. The molecule has 0 N–H and O–H groups in total. The largest absolute Gasteiger partial charge is 0.493 e. The van der Waals surface area contributed by atoms with Crippen LogP contribution in [0.25, 0.3) is 10.9 Å². The first kappa shape index (κ1) is 20.0. The summed E-state index contributed by atoms with van der Waals surface area (Å²) >= 11 is 0. The van der Waals surface area contributed by atoms with Gasteiger partial charge in [-0.1, -0.05) is 12.1 Å². The molecule has 0 aliphatic carbocycles. The zero-order chi connectivity index (χ0) is 22.1. The van der Waals surface area contributed by atoms with Crippen molar-refractivity contribution in [1.82, 2.24) is 4.98 Å². The number of ether oxygens (including phenoxy) is 4. The summed E-state index contributed by atoms with van der Waals surface area (Å²) < 4.78 is 23.1. The summed E-state index contributed by atoms with van der Waals surface area (Å²) in [5.41, 5.74) is 4.18. The Morgan fingerprint density at radius 3 is 2.56 bits per heavy atom. The van der Waals surface area contributed by atoms with E-state index < -0.39 is 0 Å². The van der Waals surface area contributed by atoms with Crippen molar-refractivity contribution >= 4 is 22.3 Å². The van der Waals surface area contributed by atoms with Gasteiger partial charge >= 0.3 is 0 Å². The highest BCUT2D eigenvalue weighted by atomic mass is 16.5. The fourth-order valence-corrected chi connectivity index (χ4v) is 3.99. The molecule has 0 amide bonds. The van der Waals surface area contributed by atoms with Gasteiger partial charge < -0.3 is 23.8 Å². The average molecular weight is 428 g/mol. The Kier molecular flexibility index (Phi) is 5.19. The lowest BCUT2D eigenvalue weighted by Gasteiger charge is -2.31. The summed E-state index contributed by atoms with van der Waals surface area (Å²) in [7, 11) is 3.22. The first-order valence-electron chi connectivity index (χ1n) is 10.5. The van der Waals surface area contributed by atoms with Crippen LogP contribution in [0.5, 0.6) is 28.7 Å². The SMILES string of the molecule is COc1cc2nccc(Oc3ccc4c(c3)OCCN4c3cccc(C)c3)c2cc1OC. The summed E-state index contributed by atoms with van der Waals surface area (Å²) in [5.74, 6) is 3.43. The smallest absolute Gasteiger partial charge is 0.162 e. The van der Waals surface area contributed by atoms with Crippen LogP contribution in [0.2, 0.25) is 0 Å². The third-order valence-corrected chi connectivity index (χ3v) is 5.54. The number of nitrogens with zero attached hydrogens (tertiary/aromatic N) is 2. The minimum absolute atomic E-state index is 0.611. The zero-order valence-electron chi connectivity index (χ0n) is 18.3. The lowest BCUT2D eigenvalue weighted by molar-refractivity contribution is 0.312. The van der Waals surface area contributed by atoms with Gasteiger partial charge in [-0.2, -0.15) is 0 Å². The molecule has 5 rings (SSSR count). The molecule has 0 spiro atoms. The van der Waals surface area contributed by atoms with Gasteiger partial charge in [-0.3, -0.25) is 4.98 Å². The number of hydrogen-bond acceptors (Lipinski definition) is 6. The van der Waals surface area contributed by atoms with Crippen LogP contribution in [0.1, 0.15) is 5.56 Å². The molecule has 1 aliphatic rings.